The summed E-state index contributed by atoms with van der Waals surface area (Å²) in [6.45, 7) is 1.93. The molecule has 3 N–H and O–H groups in total. The highest BCUT2D eigenvalue weighted by Crippen LogP contribution is 2.36. The lowest BCUT2D eigenvalue weighted by atomic mass is 9.91. The Bertz CT molecular complexity index is 829. The van der Waals surface area contributed by atoms with Gasteiger partial charge in [-0.05, 0) is 18.6 Å². The lowest BCUT2D eigenvalue weighted by molar-refractivity contribution is -0.152. The van der Waals surface area contributed by atoms with Gasteiger partial charge in [0.25, 0.3) is 5.91 Å². The number of hydrogen-bond acceptors (Lipinski definition) is 3. The van der Waals surface area contributed by atoms with Crippen LogP contribution in [0.5, 0.6) is 0 Å². The standard InChI is InChI=1S/C18H16N2O4/c1-11-6-8-12(9-7-11)10-15(21)20-18(17(23)24)13-4-2-3-5-14(13)19-16(18)22/h2-9H,10H2,1H3,(H,19,22)(H,20,21)(H,23,24). The number of nitrogens with one attached hydrogen (secondary N) is 2. The molecule has 3 rings (SSSR count). The number of carboxylic acid groups (broad SMARTS) is 1. The van der Waals surface area contributed by atoms with Crippen LogP contribution in [0.15, 0.2) is 48.5 Å². The number of amides is 2. The Hall–Kier alpha value is -3.15. The fourth-order valence-electron chi connectivity index (χ4n) is 2.79. The van der Waals surface area contributed by atoms with Crippen LogP contribution >= 0.6 is 0 Å². The van der Waals surface area contributed by atoms with Crippen molar-refractivity contribution < 1.29 is 19.5 Å². The first kappa shape index (κ1) is 15.7. The summed E-state index contributed by atoms with van der Waals surface area (Å²) in [5.74, 6) is -2.72. The number of carbonyl (C=O) groups excluding carboxylic acids is 2. The Morgan fingerprint density at radius 2 is 1.79 bits per heavy atom. The molecule has 122 valence electrons. The van der Waals surface area contributed by atoms with Crippen LogP contribution in [0.2, 0.25) is 0 Å². The van der Waals surface area contributed by atoms with Gasteiger partial charge in [-0.25, -0.2) is 4.79 Å². The number of anilines is 1. The molecule has 6 nitrogen and oxygen atoms in total. The average Bonchev–Trinajstić information content (AvgIpc) is 2.83. The van der Waals surface area contributed by atoms with Crippen molar-refractivity contribution in [2.24, 2.45) is 0 Å². The molecule has 0 aromatic heterocycles. The topological polar surface area (TPSA) is 95.5 Å². The molecule has 1 aliphatic rings. The number of para-hydroxylation sites is 1. The number of benzene rings is 2. The van der Waals surface area contributed by atoms with Gasteiger partial charge in [-0.3, -0.25) is 9.59 Å². The highest BCUT2D eigenvalue weighted by atomic mass is 16.4. The van der Waals surface area contributed by atoms with Crippen molar-refractivity contribution >= 4 is 23.5 Å². The highest BCUT2D eigenvalue weighted by molar-refractivity contribution is 6.20. The quantitative estimate of drug-likeness (QED) is 0.744. The summed E-state index contributed by atoms with van der Waals surface area (Å²) in [6, 6.07) is 13.8. The predicted molar refractivity (Wildman–Crippen MR) is 87.4 cm³/mol. The predicted octanol–water partition coefficient (Wildman–Crippen LogP) is 1.59. The van der Waals surface area contributed by atoms with Gasteiger partial charge in [-0.1, -0.05) is 48.0 Å². The Labute approximate surface area is 138 Å². The first-order valence-electron chi connectivity index (χ1n) is 7.44. The number of rotatable bonds is 4. The zero-order chi connectivity index (χ0) is 17.3. The molecule has 0 spiro atoms. The van der Waals surface area contributed by atoms with Crippen LogP contribution in [0.1, 0.15) is 16.7 Å². The Balaban J connectivity index is 1.90. The molecule has 24 heavy (non-hydrogen) atoms. The van der Waals surface area contributed by atoms with Crippen LogP contribution in [-0.2, 0) is 26.3 Å². The third-order valence-corrected chi connectivity index (χ3v) is 4.05. The minimum Gasteiger partial charge on any atom is -0.479 e. The molecular weight excluding hydrogens is 308 g/mol. The Kier molecular flexibility index (Phi) is 3.81. The minimum atomic E-state index is -2.10. The molecule has 1 atom stereocenters. The van der Waals surface area contributed by atoms with Crippen molar-refractivity contribution in [3.63, 3.8) is 0 Å². The summed E-state index contributed by atoms with van der Waals surface area (Å²) < 4.78 is 0. The van der Waals surface area contributed by atoms with Gasteiger partial charge in [0.05, 0.1) is 6.42 Å². The second-order valence-corrected chi connectivity index (χ2v) is 5.77. The number of aliphatic carboxylic acids is 1. The minimum absolute atomic E-state index is 0.00917. The number of aryl methyl sites for hydroxylation is 1. The summed E-state index contributed by atoms with van der Waals surface area (Å²) >= 11 is 0. The van der Waals surface area contributed by atoms with Gasteiger partial charge in [-0.2, -0.15) is 0 Å². The molecule has 2 amide bonds. The van der Waals surface area contributed by atoms with Gasteiger partial charge in [0, 0.05) is 11.3 Å². The van der Waals surface area contributed by atoms with Crippen molar-refractivity contribution in [3.05, 3.63) is 65.2 Å². The van der Waals surface area contributed by atoms with Gasteiger partial charge in [0.1, 0.15) is 0 Å². The molecule has 2 aromatic rings. The smallest absolute Gasteiger partial charge is 0.344 e. The molecule has 0 aliphatic carbocycles. The van der Waals surface area contributed by atoms with E-state index in [4.69, 9.17) is 0 Å². The molecule has 0 saturated carbocycles. The Morgan fingerprint density at radius 1 is 1.12 bits per heavy atom. The number of carbonyl (C=O) groups is 3. The van der Waals surface area contributed by atoms with Crippen molar-refractivity contribution in [2.45, 2.75) is 18.9 Å². The van der Waals surface area contributed by atoms with Crippen molar-refractivity contribution in [1.29, 1.82) is 0 Å². The molecule has 1 aliphatic heterocycles. The van der Waals surface area contributed by atoms with E-state index in [9.17, 15) is 19.5 Å². The third-order valence-electron chi connectivity index (χ3n) is 4.05. The molecule has 1 unspecified atom stereocenters. The van der Waals surface area contributed by atoms with Gasteiger partial charge < -0.3 is 15.7 Å². The van der Waals surface area contributed by atoms with E-state index in [2.05, 4.69) is 10.6 Å². The average molecular weight is 324 g/mol. The summed E-state index contributed by atoms with van der Waals surface area (Å²) in [5.41, 5.74) is 0.328. The molecule has 0 fully saturated rings. The van der Waals surface area contributed by atoms with Crippen LogP contribution < -0.4 is 10.6 Å². The lowest BCUT2D eigenvalue weighted by Gasteiger charge is -2.24. The monoisotopic (exact) mass is 324 g/mol. The number of fused-ring (bicyclic) bond motifs is 1. The van der Waals surface area contributed by atoms with Gasteiger partial charge in [0.15, 0.2) is 0 Å². The molecular formula is C18H16N2O4. The van der Waals surface area contributed by atoms with E-state index in [1.807, 2.05) is 19.1 Å². The molecule has 1 heterocycles. The first-order valence-corrected chi connectivity index (χ1v) is 7.44. The van der Waals surface area contributed by atoms with E-state index in [1.54, 1.807) is 30.3 Å². The van der Waals surface area contributed by atoms with Crippen LogP contribution in [0.25, 0.3) is 0 Å². The Morgan fingerprint density at radius 3 is 2.46 bits per heavy atom. The van der Waals surface area contributed by atoms with Crippen LogP contribution in [0, 0.1) is 6.92 Å². The molecule has 6 heteroatoms. The van der Waals surface area contributed by atoms with Crippen molar-refractivity contribution in [1.82, 2.24) is 5.32 Å². The van der Waals surface area contributed by atoms with Crippen molar-refractivity contribution in [3.8, 4) is 0 Å². The maximum Gasteiger partial charge on any atom is 0.344 e. The second-order valence-electron chi connectivity index (χ2n) is 5.77. The van der Waals surface area contributed by atoms with Gasteiger partial charge >= 0.3 is 5.97 Å². The fourth-order valence-corrected chi connectivity index (χ4v) is 2.79. The van der Waals surface area contributed by atoms with Crippen LogP contribution in [0.3, 0.4) is 0 Å². The third kappa shape index (κ3) is 2.52. The van der Waals surface area contributed by atoms with Crippen molar-refractivity contribution in [2.75, 3.05) is 5.32 Å². The summed E-state index contributed by atoms with van der Waals surface area (Å²) in [7, 11) is 0. The van der Waals surface area contributed by atoms with Gasteiger partial charge in [-0.15, -0.1) is 0 Å². The molecule has 2 aromatic carbocycles. The molecule has 0 bridgehead atoms. The number of carboxylic acids is 1. The zero-order valence-corrected chi connectivity index (χ0v) is 13.0. The van der Waals surface area contributed by atoms with E-state index in [0.29, 0.717) is 5.69 Å². The highest BCUT2D eigenvalue weighted by Gasteiger charge is 2.54. The maximum absolute atomic E-state index is 12.4. The zero-order valence-electron chi connectivity index (χ0n) is 13.0. The normalized spacial score (nSPS) is 18.6. The molecule has 0 radical (unpaired) electrons. The molecule has 0 saturated heterocycles. The fraction of sp³-hybridized carbons (Fsp3) is 0.167. The summed E-state index contributed by atoms with van der Waals surface area (Å²) in [5, 5.41) is 14.6. The SMILES string of the molecule is Cc1ccc(CC(=O)NC2(C(=O)O)C(=O)Nc3ccccc32)cc1. The van der Waals surface area contributed by atoms with E-state index < -0.39 is 23.3 Å². The van der Waals surface area contributed by atoms with E-state index in [1.165, 1.54) is 6.07 Å². The largest absolute Gasteiger partial charge is 0.479 e. The maximum atomic E-state index is 12.4. The van der Waals surface area contributed by atoms with Gasteiger partial charge in [0.2, 0.25) is 11.4 Å². The number of hydrogen-bond donors (Lipinski definition) is 3. The second kappa shape index (κ2) is 5.81. The first-order chi connectivity index (χ1) is 11.4. The van der Waals surface area contributed by atoms with E-state index in [0.717, 1.165) is 11.1 Å². The summed E-state index contributed by atoms with van der Waals surface area (Å²) in [4.78, 5) is 36.5. The van der Waals surface area contributed by atoms with Crippen LogP contribution in [-0.4, -0.2) is 22.9 Å². The van der Waals surface area contributed by atoms with Crippen LogP contribution in [0.4, 0.5) is 5.69 Å². The van der Waals surface area contributed by atoms with E-state index in [-0.39, 0.29) is 12.0 Å². The van der Waals surface area contributed by atoms with E-state index >= 15 is 0 Å². The summed E-state index contributed by atoms with van der Waals surface area (Å²) in [6.07, 6.45) is -0.00917. The lowest BCUT2D eigenvalue weighted by Crippen LogP contribution is -2.56.